The molecule has 3 aliphatic rings. The molecule has 1 saturated heterocycles. The minimum absolute atomic E-state index is 0.231. The van der Waals surface area contributed by atoms with Gasteiger partial charge in [-0.3, -0.25) is 24.4 Å². The summed E-state index contributed by atoms with van der Waals surface area (Å²) in [5, 5.41) is 9.84. The number of likely N-dealkylation sites (tertiary alicyclic amines) is 1. The summed E-state index contributed by atoms with van der Waals surface area (Å²) in [7, 11) is 0. The lowest BCUT2D eigenvalue weighted by Crippen LogP contribution is -2.44. The van der Waals surface area contributed by atoms with E-state index in [1.807, 2.05) is 24.4 Å². The van der Waals surface area contributed by atoms with Crippen LogP contribution < -0.4 is 4.90 Å². The smallest absolute Gasteiger partial charge is 0.216 e. The van der Waals surface area contributed by atoms with Crippen LogP contribution in [0.4, 0.5) is 5.69 Å². The van der Waals surface area contributed by atoms with Crippen LogP contribution in [-0.2, 0) is 22.6 Å². The fourth-order valence-corrected chi connectivity index (χ4v) is 7.22. The van der Waals surface area contributed by atoms with E-state index in [1.54, 1.807) is 11.3 Å². The lowest BCUT2D eigenvalue weighted by molar-refractivity contribution is -0.129. The number of fused-ring (bicyclic) bond motifs is 2. The van der Waals surface area contributed by atoms with Crippen LogP contribution in [0.15, 0.2) is 30.5 Å². The number of aryl methyl sites for hydroxylation is 1. The number of thiophene rings is 1. The third kappa shape index (κ3) is 4.06. The number of aromatic nitrogens is 1. The van der Waals surface area contributed by atoms with E-state index in [0.29, 0.717) is 24.4 Å². The molecule has 7 nitrogen and oxygen atoms in total. The predicted octanol–water partition coefficient (Wildman–Crippen LogP) is 4.33. The van der Waals surface area contributed by atoms with E-state index in [4.69, 9.17) is 0 Å². The standard InChI is InChI=1S/C28H29N5O2S/c29-14-19-11-20-3-2-9-33(22-7-10-32(15-22)21-4-1-5-21)27(20)25(12-19)24-6-8-30-26-13-23(36-28(24)26)16-31(17-34)18-35/h6,8,11-13,17-18,21-22H,1-5,7,9-10,15-16H2. The molecule has 0 bridgehead atoms. The molecule has 8 heteroatoms. The Hall–Kier alpha value is -3.28. The lowest BCUT2D eigenvalue weighted by Gasteiger charge is -2.39. The molecule has 184 valence electrons. The number of nitrogens with zero attached hydrogens (tertiary/aromatic N) is 5. The van der Waals surface area contributed by atoms with Gasteiger partial charge in [-0.2, -0.15) is 5.26 Å². The molecule has 1 aliphatic carbocycles. The predicted molar refractivity (Wildman–Crippen MR) is 141 cm³/mol. The molecule has 6 rings (SSSR count). The van der Waals surface area contributed by atoms with Crippen LogP contribution >= 0.6 is 11.3 Å². The fraction of sp³-hybridized carbons (Fsp3) is 0.429. The molecule has 36 heavy (non-hydrogen) atoms. The number of nitriles is 1. The molecule has 1 atom stereocenters. The van der Waals surface area contributed by atoms with Crippen LogP contribution in [0.3, 0.4) is 0 Å². The minimum atomic E-state index is 0.231. The zero-order chi connectivity index (χ0) is 24.6. The minimum Gasteiger partial charge on any atom is -0.366 e. The monoisotopic (exact) mass is 499 g/mol. The molecular weight excluding hydrogens is 470 g/mol. The van der Waals surface area contributed by atoms with Crippen molar-refractivity contribution in [3.05, 3.63) is 46.5 Å². The summed E-state index contributed by atoms with van der Waals surface area (Å²) in [5.74, 6) is 0. The van der Waals surface area contributed by atoms with E-state index in [-0.39, 0.29) is 6.54 Å². The van der Waals surface area contributed by atoms with E-state index >= 15 is 0 Å². The van der Waals surface area contributed by atoms with Crippen molar-refractivity contribution in [2.75, 3.05) is 24.5 Å². The highest BCUT2D eigenvalue weighted by atomic mass is 32.1. The molecule has 1 saturated carbocycles. The van der Waals surface area contributed by atoms with Crippen LogP contribution in [0.5, 0.6) is 0 Å². The Labute approximate surface area is 214 Å². The van der Waals surface area contributed by atoms with Crippen molar-refractivity contribution in [2.45, 2.75) is 57.2 Å². The van der Waals surface area contributed by atoms with Crippen LogP contribution in [0.25, 0.3) is 21.3 Å². The van der Waals surface area contributed by atoms with E-state index in [2.05, 4.69) is 26.9 Å². The highest BCUT2D eigenvalue weighted by molar-refractivity contribution is 7.19. The molecule has 1 unspecified atom stereocenters. The number of carbonyl (C=O) groups excluding carboxylic acids is 2. The molecular formula is C28H29N5O2S. The molecule has 2 fully saturated rings. The average molecular weight is 500 g/mol. The summed E-state index contributed by atoms with van der Waals surface area (Å²) in [5.41, 5.74) is 6.21. The highest BCUT2D eigenvalue weighted by Crippen LogP contribution is 2.44. The Bertz CT molecular complexity index is 1350. The van der Waals surface area contributed by atoms with Crippen molar-refractivity contribution >= 4 is 40.1 Å². The van der Waals surface area contributed by atoms with Crippen molar-refractivity contribution in [1.29, 1.82) is 5.26 Å². The van der Waals surface area contributed by atoms with Crippen LogP contribution in [-0.4, -0.2) is 59.3 Å². The van der Waals surface area contributed by atoms with Gasteiger partial charge in [0.25, 0.3) is 0 Å². The first-order chi connectivity index (χ1) is 17.7. The van der Waals surface area contributed by atoms with Crippen LogP contribution in [0.2, 0.25) is 0 Å². The van der Waals surface area contributed by atoms with Gasteiger partial charge in [-0.05, 0) is 61.9 Å². The van der Waals surface area contributed by atoms with E-state index in [0.717, 1.165) is 63.1 Å². The quantitative estimate of drug-likeness (QED) is 0.450. The largest absolute Gasteiger partial charge is 0.366 e. The van der Waals surface area contributed by atoms with Crippen molar-refractivity contribution in [3.63, 3.8) is 0 Å². The second-order valence-corrected chi connectivity index (χ2v) is 11.3. The molecule has 0 spiro atoms. The van der Waals surface area contributed by atoms with Gasteiger partial charge in [-0.25, -0.2) is 0 Å². The highest BCUT2D eigenvalue weighted by Gasteiger charge is 2.36. The summed E-state index contributed by atoms with van der Waals surface area (Å²) >= 11 is 1.56. The van der Waals surface area contributed by atoms with Gasteiger partial charge in [0.05, 0.1) is 28.4 Å². The van der Waals surface area contributed by atoms with Gasteiger partial charge < -0.3 is 4.90 Å². The SMILES string of the molecule is N#Cc1cc2c(c(-c3ccnc4cc(CN(C=O)C=O)sc34)c1)N(C1CCN(C3CCC3)C1)CCC2. The van der Waals surface area contributed by atoms with E-state index in [1.165, 1.54) is 43.5 Å². The Morgan fingerprint density at radius 1 is 1.08 bits per heavy atom. The summed E-state index contributed by atoms with van der Waals surface area (Å²) in [6, 6.07) is 11.7. The van der Waals surface area contributed by atoms with Gasteiger partial charge in [0.2, 0.25) is 12.8 Å². The number of carbonyl (C=O) groups is 2. The summed E-state index contributed by atoms with van der Waals surface area (Å²) in [6.07, 6.45) is 10.2. The maximum Gasteiger partial charge on any atom is 0.216 e. The van der Waals surface area contributed by atoms with Crippen molar-refractivity contribution < 1.29 is 9.59 Å². The van der Waals surface area contributed by atoms with Crippen molar-refractivity contribution in [1.82, 2.24) is 14.8 Å². The maximum absolute atomic E-state index is 11.2. The summed E-state index contributed by atoms with van der Waals surface area (Å²) in [6.45, 7) is 3.55. The molecule has 1 aromatic carbocycles. The Morgan fingerprint density at radius 2 is 1.94 bits per heavy atom. The molecule has 0 N–H and O–H groups in total. The number of benzene rings is 1. The topological polar surface area (TPSA) is 80.5 Å². The second-order valence-electron chi connectivity index (χ2n) is 10.1. The van der Waals surface area contributed by atoms with Crippen LogP contribution in [0.1, 0.15) is 48.1 Å². The van der Waals surface area contributed by atoms with Gasteiger partial charge in [-0.15, -0.1) is 11.3 Å². The number of pyridine rings is 1. The van der Waals surface area contributed by atoms with Crippen LogP contribution in [0, 0.1) is 11.3 Å². The summed E-state index contributed by atoms with van der Waals surface area (Å²) in [4.78, 5) is 34.2. The van der Waals surface area contributed by atoms with E-state index < -0.39 is 0 Å². The van der Waals surface area contributed by atoms with Gasteiger partial charge in [0.1, 0.15) is 0 Å². The average Bonchev–Trinajstić information content (AvgIpc) is 3.52. The first-order valence-electron chi connectivity index (χ1n) is 12.8. The fourth-order valence-electron chi connectivity index (χ4n) is 6.07. The van der Waals surface area contributed by atoms with Gasteiger partial charge in [-0.1, -0.05) is 6.42 Å². The Morgan fingerprint density at radius 3 is 2.69 bits per heavy atom. The van der Waals surface area contributed by atoms with Gasteiger partial charge in [0, 0.05) is 59.6 Å². The Balaban J connectivity index is 1.43. The number of hydrogen-bond donors (Lipinski definition) is 0. The van der Waals surface area contributed by atoms with Crippen molar-refractivity contribution in [3.8, 4) is 17.2 Å². The third-order valence-electron chi connectivity index (χ3n) is 8.04. The Kier molecular flexibility index (Phi) is 6.20. The second kappa shape index (κ2) is 9.64. The maximum atomic E-state index is 11.2. The third-order valence-corrected chi connectivity index (χ3v) is 9.18. The molecule has 0 radical (unpaired) electrons. The normalized spacial score (nSPS) is 20.1. The summed E-state index contributed by atoms with van der Waals surface area (Å²) < 4.78 is 1.02. The molecule has 2 aliphatic heterocycles. The molecule has 3 aromatic rings. The molecule has 4 heterocycles. The van der Waals surface area contributed by atoms with Crippen molar-refractivity contribution in [2.24, 2.45) is 0 Å². The van der Waals surface area contributed by atoms with Gasteiger partial charge >= 0.3 is 0 Å². The zero-order valence-corrected chi connectivity index (χ0v) is 21.0. The molecule has 2 amide bonds. The van der Waals surface area contributed by atoms with E-state index in [9.17, 15) is 14.9 Å². The first-order valence-corrected chi connectivity index (χ1v) is 13.6. The van der Waals surface area contributed by atoms with Gasteiger partial charge in [0.15, 0.2) is 0 Å². The molecule has 2 aromatic heterocycles. The number of hydrogen-bond acceptors (Lipinski definition) is 7. The number of amides is 2. The number of rotatable bonds is 7. The number of imide groups is 1. The lowest BCUT2D eigenvalue weighted by atomic mass is 9.90. The first kappa shape index (κ1) is 23.1. The zero-order valence-electron chi connectivity index (χ0n) is 20.2. The number of anilines is 1.